The van der Waals surface area contributed by atoms with Gasteiger partial charge in [0.25, 0.3) is 0 Å². The van der Waals surface area contributed by atoms with Gasteiger partial charge in [0.2, 0.25) is 0 Å². The molecule has 2 N–H and O–H groups in total. The van der Waals surface area contributed by atoms with E-state index in [-0.39, 0.29) is 0 Å². The number of carboxylic acids is 1. The third kappa shape index (κ3) is 3.80. The summed E-state index contributed by atoms with van der Waals surface area (Å²) >= 11 is 0. The predicted molar refractivity (Wildman–Crippen MR) is 102 cm³/mol. The van der Waals surface area contributed by atoms with Crippen LogP contribution in [0.3, 0.4) is 0 Å². The SMILES string of the molecule is Cc1ccc(-c2ccc(CN3CC[C@H](O)[C@@](CC4CC4)(C(=O)O)C3)o2)cc1. The number of rotatable bonds is 6. The van der Waals surface area contributed by atoms with Crippen molar-refractivity contribution in [2.24, 2.45) is 11.3 Å². The van der Waals surface area contributed by atoms with Crippen molar-refractivity contribution in [3.05, 3.63) is 47.7 Å². The topological polar surface area (TPSA) is 73.9 Å². The molecule has 1 aromatic carbocycles. The van der Waals surface area contributed by atoms with Gasteiger partial charge in [-0.15, -0.1) is 0 Å². The van der Waals surface area contributed by atoms with E-state index in [4.69, 9.17) is 4.42 Å². The van der Waals surface area contributed by atoms with Gasteiger partial charge >= 0.3 is 5.97 Å². The third-order valence-corrected chi connectivity index (χ3v) is 6.02. The molecule has 2 heterocycles. The molecule has 5 heteroatoms. The van der Waals surface area contributed by atoms with Gasteiger partial charge in [0.15, 0.2) is 0 Å². The lowest BCUT2D eigenvalue weighted by atomic mass is 9.73. The van der Waals surface area contributed by atoms with E-state index in [2.05, 4.69) is 24.0 Å². The van der Waals surface area contributed by atoms with Gasteiger partial charge in [0.1, 0.15) is 16.9 Å². The summed E-state index contributed by atoms with van der Waals surface area (Å²) in [5, 5.41) is 20.4. The molecule has 1 saturated heterocycles. The summed E-state index contributed by atoms with van der Waals surface area (Å²) < 4.78 is 6.01. The number of likely N-dealkylation sites (tertiary alicyclic amines) is 1. The molecule has 1 aliphatic heterocycles. The Morgan fingerprint density at radius 3 is 2.59 bits per heavy atom. The minimum Gasteiger partial charge on any atom is -0.481 e. The molecule has 1 aliphatic carbocycles. The number of aryl methyl sites for hydroxylation is 1. The maximum absolute atomic E-state index is 12.1. The minimum absolute atomic E-state index is 0.376. The molecule has 0 amide bonds. The first kappa shape index (κ1) is 18.3. The average Bonchev–Trinajstić information content (AvgIpc) is 3.34. The number of carbonyl (C=O) groups is 1. The lowest BCUT2D eigenvalue weighted by Gasteiger charge is -2.43. The van der Waals surface area contributed by atoms with Crippen LogP contribution in [0.25, 0.3) is 11.3 Å². The highest BCUT2D eigenvalue weighted by atomic mass is 16.4. The second kappa shape index (κ2) is 7.13. The fourth-order valence-corrected chi connectivity index (χ4v) is 4.19. The fourth-order valence-electron chi connectivity index (χ4n) is 4.19. The number of nitrogens with zero attached hydrogens (tertiary/aromatic N) is 1. The summed E-state index contributed by atoms with van der Waals surface area (Å²) in [6.45, 7) is 3.68. The van der Waals surface area contributed by atoms with E-state index in [1.807, 2.05) is 24.3 Å². The van der Waals surface area contributed by atoms with E-state index >= 15 is 0 Å². The predicted octanol–water partition coefficient (Wildman–Crippen LogP) is 3.69. The highest BCUT2D eigenvalue weighted by molar-refractivity contribution is 5.76. The standard InChI is InChI=1S/C22H27NO4/c1-15-2-6-17(7-3-15)19-9-8-18(27-19)13-23-11-10-20(24)22(14-23,21(25)26)12-16-4-5-16/h2-3,6-9,16,20,24H,4-5,10-14H2,1H3,(H,25,26)/t20-,22-/m0/s1. The van der Waals surface area contributed by atoms with Crippen molar-refractivity contribution in [3.8, 4) is 11.3 Å². The van der Waals surface area contributed by atoms with Gasteiger partial charge in [-0.3, -0.25) is 9.69 Å². The summed E-state index contributed by atoms with van der Waals surface area (Å²) in [5.74, 6) is 1.23. The number of aliphatic carboxylic acids is 1. The van der Waals surface area contributed by atoms with Gasteiger partial charge < -0.3 is 14.6 Å². The number of piperidine rings is 1. The Morgan fingerprint density at radius 1 is 1.19 bits per heavy atom. The van der Waals surface area contributed by atoms with Crippen molar-refractivity contribution < 1.29 is 19.4 Å². The monoisotopic (exact) mass is 369 g/mol. The van der Waals surface area contributed by atoms with E-state index in [0.717, 1.165) is 29.9 Å². The average molecular weight is 369 g/mol. The minimum atomic E-state index is -1.05. The molecule has 0 spiro atoms. The molecule has 2 fully saturated rings. The lowest BCUT2D eigenvalue weighted by molar-refractivity contribution is -0.165. The van der Waals surface area contributed by atoms with Crippen LogP contribution in [0, 0.1) is 18.3 Å². The Labute approximate surface area is 159 Å². The second-order valence-corrected chi connectivity index (χ2v) is 8.26. The zero-order chi connectivity index (χ0) is 19.0. The highest BCUT2D eigenvalue weighted by Gasteiger charge is 2.51. The number of hydrogen-bond donors (Lipinski definition) is 2. The normalized spacial score (nSPS) is 26.2. The van der Waals surface area contributed by atoms with Crippen LogP contribution in [0.15, 0.2) is 40.8 Å². The Kier molecular flexibility index (Phi) is 4.82. The van der Waals surface area contributed by atoms with Crippen molar-refractivity contribution in [2.75, 3.05) is 13.1 Å². The van der Waals surface area contributed by atoms with Gasteiger partial charge in [-0.2, -0.15) is 0 Å². The largest absolute Gasteiger partial charge is 0.481 e. The van der Waals surface area contributed by atoms with Crippen LogP contribution in [0.4, 0.5) is 0 Å². The smallest absolute Gasteiger partial charge is 0.313 e. The maximum Gasteiger partial charge on any atom is 0.313 e. The van der Waals surface area contributed by atoms with Crippen LogP contribution in [0.5, 0.6) is 0 Å². The quantitative estimate of drug-likeness (QED) is 0.812. The summed E-state index contributed by atoms with van der Waals surface area (Å²) in [7, 11) is 0. The molecule has 2 aromatic rings. The van der Waals surface area contributed by atoms with Crippen LogP contribution >= 0.6 is 0 Å². The van der Waals surface area contributed by atoms with E-state index in [1.54, 1.807) is 0 Å². The molecule has 4 rings (SSSR count). The van der Waals surface area contributed by atoms with Crippen LogP contribution in [0.1, 0.15) is 37.0 Å². The van der Waals surface area contributed by atoms with Crippen LogP contribution in [-0.2, 0) is 11.3 Å². The van der Waals surface area contributed by atoms with Crippen molar-refractivity contribution in [2.45, 2.75) is 45.3 Å². The van der Waals surface area contributed by atoms with Crippen molar-refractivity contribution in [1.82, 2.24) is 4.90 Å². The van der Waals surface area contributed by atoms with Crippen LogP contribution < -0.4 is 0 Å². The molecule has 0 radical (unpaired) electrons. The van der Waals surface area contributed by atoms with Gasteiger partial charge in [0.05, 0.1) is 12.6 Å². The molecule has 0 unspecified atom stereocenters. The van der Waals surface area contributed by atoms with Crippen molar-refractivity contribution in [3.63, 3.8) is 0 Å². The molecular formula is C22H27NO4. The zero-order valence-corrected chi connectivity index (χ0v) is 15.7. The molecule has 1 saturated carbocycles. The number of hydrogen-bond acceptors (Lipinski definition) is 4. The second-order valence-electron chi connectivity index (χ2n) is 8.26. The first-order valence-electron chi connectivity index (χ1n) is 9.76. The van der Waals surface area contributed by atoms with Gasteiger partial charge in [-0.1, -0.05) is 42.7 Å². The number of aliphatic hydroxyl groups is 1. The fraction of sp³-hybridized carbons (Fsp3) is 0.500. The van der Waals surface area contributed by atoms with Crippen LogP contribution in [-0.4, -0.2) is 40.3 Å². The van der Waals surface area contributed by atoms with E-state index in [1.165, 1.54) is 5.56 Å². The van der Waals surface area contributed by atoms with E-state index < -0.39 is 17.5 Å². The summed E-state index contributed by atoms with van der Waals surface area (Å²) in [6, 6.07) is 12.1. The van der Waals surface area contributed by atoms with Crippen molar-refractivity contribution in [1.29, 1.82) is 0 Å². The van der Waals surface area contributed by atoms with Gasteiger partial charge in [0, 0.05) is 18.7 Å². The number of carboxylic acid groups (broad SMARTS) is 1. The Balaban J connectivity index is 1.47. The van der Waals surface area contributed by atoms with E-state index in [0.29, 0.717) is 38.4 Å². The molecule has 2 atom stereocenters. The summed E-state index contributed by atoms with van der Waals surface area (Å²) in [6.07, 6.45) is 2.46. The van der Waals surface area contributed by atoms with E-state index in [9.17, 15) is 15.0 Å². The first-order valence-corrected chi connectivity index (χ1v) is 9.76. The van der Waals surface area contributed by atoms with Crippen molar-refractivity contribution >= 4 is 5.97 Å². The molecule has 0 bridgehead atoms. The molecule has 144 valence electrons. The third-order valence-electron chi connectivity index (χ3n) is 6.02. The van der Waals surface area contributed by atoms with Gasteiger partial charge in [-0.05, 0) is 37.8 Å². The number of furan rings is 1. The molecule has 1 aromatic heterocycles. The Morgan fingerprint density at radius 2 is 1.93 bits per heavy atom. The molecule has 2 aliphatic rings. The first-order chi connectivity index (χ1) is 13.0. The highest BCUT2D eigenvalue weighted by Crippen LogP contribution is 2.45. The molecule has 5 nitrogen and oxygen atoms in total. The molecular weight excluding hydrogens is 342 g/mol. The number of benzene rings is 1. The Hall–Kier alpha value is -2.11. The van der Waals surface area contributed by atoms with Gasteiger partial charge in [-0.25, -0.2) is 0 Å². The zero-order valence-electron chi connectivity index (χ0n) is 15.7. The maximum atomic E-state index is 12.1. The Bertz CT molecular complexity index is 808. The lowest BCUT2D eigenvalue weighted by Crippen LogP contribution is -2.55. The van der Waals surface area contributed by atoms with Crippen LogP contribution in [0.2, 0.25) is 0 Å². The number of aliphatic hydroxyl groups excluding tert-OH is 1. The molecule has 27 heavy (non-hydrogen) atoms. The summed E-state index contributed by atoms with van der Waals surface area (Å²) in [5.41, 5.74) is 1.19. The summed E-state index contributed by atoms with van der Waals surface area (Å²) in [4.78, 5) is 14.2.